The van der Waals surface area contributed by atoms with E-state index in [0.717, 1.165) is 22.3 Å². The standard InChI is InChI=1S/C21H22N4O3S/c1-12-5-7-15(8-6-12)19-23-24-21(29)25(19)11-18(26)22-16-9-13(2)14(3)17(10-16)20(27)28-4/h5-10H,11H2,1-4H3,(H,22,26)(H,24,29). The lowest BCUT2D eigenvalue weighted by Gasteiger charge is -2.12. The van der Waals surface area contributed by atoms with Gasteiger partial charge in [-0.15, -0.1) is 0 Å². The van der Waals surface area contributed by atoms with Gasteiger partial charge >= 0.3 is 5.97 Å². The lowest BCUT2D eigenvalue weighted by Crippen LogP contribution is -2.20. The van der Waals surface area contributed by atoms with Gasteiger partial charge in [-0.25, -0.2) is 4.79 Å². The van der Waals surface area contributed by atoms with Crippen LogP contribution in [-0.2, 0) is 16.1 Å². The zero-order chi connectivity index (χ0) is 21.1. The maximum atomic E-state index is 12.7. The topological polar surface area (TPSA) is 89.0 Å². The van der Waals surface area contributed by atoms with Crippen molar-refractivity contribution in [1.29, 1.82) is 0 Å². The number of aromatic amines is 1. The van der Waals surface area contributed by atoms with E-state index in [1.54, 1.807) is 10.6 Å². The van der Waals surface area contributed by atoms with Crippen molar-refractivity contribution in [3.05, 3.63) is 63.4 Å². The highest BCUT2D eigenvalue weighted by atomic mass is 32.1. The summed E-state index contributed by atoms with van der Waals surface area (Å²) in [5, 5.41) is 9.82. The van der Waals surface area contributed by atoms with E-state index in [9.17, 15) is 9.59 Å². The summed E-state index contributed by atoms with van der Waals surface area (Å²) in [6.45, 7) is 5.70. The molecule has 0 aliphatic heterocycles. The summed E-state index contributed by atoms with van der Waals surface area (Å²) in [6, 6.07) is 11.2. The molecule has 0 spiro atoms. The number of carbonyl (C=O) groups is 2. The van der Waals surface area contributed by atoms with Crippen molar-refractivity contribution in [2.24, 2.45) is 0 Å². The highest BCUT2D eigenvalue weighted by molar-refractivity contribution is 7.71. The minimum Gasteiger partial charge on any atom is -0.465 e. The Morgan fingerprint density at radius 3 is 2.52 bits per heavy atom. The van der Waals surface area contributed by atoms with E-state index in [1.165, 1.54) is 7.11 Å². The second-order valence-corrected chi connectivity index (χ2v) is 7.20. The van der Waals surface area contributed by atoms with Gasteiger partial charge in [0.25, 0.3) is 0 Å². The third kappa shape index (κ3) is 4.43. The summed E-state index contributed by atoms with van der Waals surface area (Å²) in [7, 11) is 1.33. The molecule has 0 aliphatic carbocycles. The first kappa shape index (κ1) is 20.5. The number of amides is 1. The third-order valence-electron chi connectivity index (χ3n) is 4.73. The van der Waals surface area contributed by atoms with E-state index in [2.05, 4.69) is 15.5 Å². The number of benzene rings is 2. The lowest BCUT2D eigenvalue weighted by molar-refractivity contribution is -0.116. The van der Waals surface area contributed by atoms with Crippen molar-refractivity contribution in [2.75, 3.05) is 12.4 Å². The number of aryl methyl sites for hydroxylation is 2. The van der Waals surface area contributed by atoms with Crippen molar-refractivity contribution < 1.29 is 14.3 Å². The minimum atomic E-state index is -0.444. The molecule has 2 N–H and O–H groups in total. The molecule has 0 aliphatic rings. The van der Waals surface area contributed by atoms with Crippen LogP contribution in [0.3, 0.4) is 0 Å². The molecule has 3 aromatic rings. The van der Waals surface area contributed by atoms with Gasteiger partial charge in [-0.05, 0) is 56.2 Å². The Bertz CT molecular complexity index is 1130. The quantitative estimate of drug-likeness (QED) is 0.491. The average molecular weight is 410 g/mol. The highest BCUT2D eigenvalue weighted by Gasteiger charge is 2.16. The van der Waals surface area contributed by atoms with E-state index in [1.807, 2.05) is 51.1 Å². The van der Waals surface area contributed by atoms with E-state index in [4.69, 9.17) is 17.0 Å². The second kappa shape index (κ2) is 8.40. The van der Waals surface area contributed by atoms with Gasteiger partial charge in [0.15, 0.2) is 10.6 Å². The number of nitrogens with zero attached hydrogens (tertiary/aromatic N) is 2. The Labute approximate surface area is 173 Å². The van der Waals surface area contributed by atoms with Gasteiger partial charge in [-0.1, -0.05) is 29.8 Å². The van der Waals surface area contributed by atoms with Crippen LogP contribution in [0, 0.1) is 25.5 Å². The van der Waals surface area contributed by atoms with Gasteiger partial charge in [0.1, 0.15) is 6.54 Å². The largest absolute Gasteiger partial charge is 0.465 e. The number of nitrogens with one attached hydrogen (secondary N) is 2. The summed E-state index contributed by atoms with van der Waals surface area (Å²) in [5.41, 5.74) is 4.61. The number of hydrogen-bond donors (Lipinski definition) is 2. The van der Waals surface area contributed by atoms with Gasteiger partial charge in [0.05, 0.1) is 12.7 Å². The van der Waals surface area contributed by atoms with Crippen LogP contribution in [0.1, 0.15) is 27.0 Å². The number of aromatic nitrogens is 3. The number of carbonyl (C=O) groups excluding carboxylic acids is 2. The molecular weight excluding hydrogens is 388 g/mol. The molecule has 0 radical (unpaired) electrons. The molecule has 0 bridgehead atoms. The Balaban J connectivity index is 1.85. The number of esters is 1. The number of H-pyrrole nitrogens is 1. The Hall–Kier alpha value is -3.26. The number of hydrogen-bond acceptors (Lipinski definition) is 5. The first-order valence-corrected chi connectivity index (χ1v) is 9.42. The van der Waals surface area contributed by atoms with Crippen LogP contribution < -0.4 is 5.32 Å². The van der Waals surface area contributed by atoms with E-state index in [0.29, 0.717) is 21.8 Å². The number of rotatable bonds is 5. The molecule has 1 heterocycles. The van der Waals surface area contributed by atoms with Crippen LogP contribution in [-0.4, -0.2) is 33.8 Å². The van der Waals surface area contributed by atoms with Gasteiger partial charge in [-0.3, -0.25) is 14.5 Å². The first-order valence-electron chi connectivity index (χ1n) is 9.02. The molecule has 8 heteroatoms. The van der Waals surface area contributed by atoms with Gasteiger partial charge in [0.2, 0.25) is 5.91 Å². The predicted octanol–water partition coefficient (Wildman–Crippen LogP) is 3.96. The summed E-state index contributed by atoms with van der Waals surface area (Å²) in [5.74, 6) is -0.143. The fraction of sp³-hybridized carbons (Fsp3) is 0.238. The molecule has 1 amide bonds. The fourth-order valence-electron chi connectivity index (χ4n) is 2.98. The van der Waals surface area contributed by atoms with Crippen molar-refractivity contribution >= 4 is 29.8 Å². The van der Waals surface area contributed by atoms with E-state index < -0.39 is 5.97 Å². The SMILES string of the molecule is COC(=O)c1cc(NC(=O)Cn2c(-c3ccc(C)cc3)n[nH]c2=S)cc(C)c1C. The van der Waals surface area contributed by atoms with E-state index >= 15 is 0 Å². The van der Waals surface area contributed by atoms with Gasteiger partial charge in [0, 0.05) is 11.3 Å². The third-order valence-corrected chi connectivity index (χ3v) is 5.04. The predicted molar refractivity (Wildman–Crippen MR) is 113 cm³/mol. The molecule has 29 heavy (non-hydrogen) atoms. The Morgan fingerprint density at radius 1 is 1.17 bits per heavy atom. The maximum Gasteiger partial charge on any atom is 0.338 e. The highest BCUT2D eigenvalue weighted by Crippen LogP contribution is 2.22. The average Bonchev–Trinajstić information content (AvgIpc) is 3.04. The summed E-state index contributed by atoms with van der Waals surface area (Å²) < 4.78 is 6.81. The smallest absolute Gasteiger partial charge is 0.338 e. The molecule has 0 atom stereocenters. The van der Waals surface area contributed by atoms with Gasteiger partial charge in [-0.2, -0.15) is 5.10 Å². The Kier molecular flexibility index (Phi) is 5.93. The monoisotopic (exact) mass is 410 g/mol. The molecule has 0 saturated heterocycles. The molecule has 1 aromatic heterocycles. The molecule has 0 unspecified atom stereocenters. The molecule has 3 rings (SSSR count). The molecule has 150 valence electrons. The van der Waals surface area contributed by atoms with Crippen molar-refractivity contribution in [3.8, 4) is 11.4 Å². The minimum absolute atomic E-state index is 0.0149. The van der Waals surface area contributed by atoms with Crippen LogP contribution in [0.5, 0.6) is 0 Å². The van der Waals surface area contributed by atoms with Crippen molar-refractivity contribution in [2.45, 2.75) is 27.3 Å². The molecule has 0 fully saturated rings. The van der Waals surface area contributed by atoms with E-state index in [-0.39, 0.29) is 12.5 Å². The van der Waals surface area contributed by atoms with Crippen LogP contribution in [0.4, 0.5) is 5.69 Å². The zero-order valence-electron chi connectivity index (χ0n) is 16.7. The lowest BCUT2D eigenvalue weighted by atomic mass is 10.0. The number of methoxy groups -OCH3 is 1. The second-order valence-electron chi connectivity index (χ2n) is 6.81. The normalized spacial score (nSPS) is 10.6. The first-order chi connectivity index (χ1) is 13.8. The van der Waals surface area contributed by atoms with Gasteiger partial charge < -0.3 is 10.1 Å². The van der Waals surface area contributed by atoms with Crippen LogP contribution in [0.2, 0.25) is 0 Å². The van der Waals surface area contributed by atoms with Crippen LogP contribution in [0.25, 0.3) is 11.4 Å². The fourth-order valence-corrected chi connectivity index (χ4v) is 3.18. The van der Waals surface area contributed by atoms with Crippen molar-refractivity contribution in [1.82, 2.24) is 14.8 Å². The zero-order valence-corrected chi connectivity index (χ0v) is 17.5. The van der Waals surface area contributed by atoms with Crippen molar-refractivity contribution in [3.63, 3.8) is 0 Å². The number of ether oxygens (including phenoxy) is 1. The molecular formula is C21H22N4O3S. The van der Waals surface area contributed by atoms with Crippen LogP contribution in [0.15, 0.2) is 36.4 Å². The molecule has 2 aromatic carbocycles. The van der Waals surface area contributed by atoms with Crippen LogP contribution >= 0.6 is 12.2 Å². The number of anilines is 1. The summed E-state index contributed by atoms with van der Waals surface area (Å²) >= 11 is 5.29. The maximum absolute atomic E-state index is 12.7. The molecule has 0 saturated carbocycles. The summed E-state index contributed by atoms with van der Waals surface area (Å²) in [4.78, 5) is 24.7. The Morgan fingerprint density at radius 2 is 1.86 bits per heavy atom. The summed E-state index contributed by atoms with van der Waals surface area (Å²) in [6.07, 6.45) is 0. The molecule has 7 nitrogen and oxygen atoms in total.